The number of carbonyl (C=O) groups is 1. The van der Waals surface area contributed by atoms with Crippen molar-refractivity contribution in [1.82, 2.24) is 5.32 Å². The smallest absolute Gasteiger partial charge is 0.239 e. The van der Waals surface area contributed by atoms with E-state index < -0.39 is 0 Å². The van der Waals surface area contributed by atoms with Gasteiger partial charge in [0.2, 0.25) is 5.91 Å². The van der Waals surface area contributed by atoms with Crippen LogP contribution in [0.4, 0.5) is 0 Å². The molecule has 1 saturated heterocycles. The number of furan rings is 1. The molecule has 1 fully saturated rings. The number of halogens is 3. The summed E-state index contributed by atoms with van der Waals surface area (Å²) in [6.07, 6.45) is 1.92. The molecule has 1 aliphatic rings. The van der Waals surface area contributed by atoms with Crippen LogP contribution >= 0.6 is 46.6 Å². The van der Waals surface area contributed by atoms with Gasteiger partial charge in [-0.15, -0.1) is 5.10 Å². The molecule has 30 heavy (non-hydrogen) atoms. The molecule has 2 heterocycles. The summed E-state index contributed by atoms with van der Waals surface area (Å²) in [7, 11) is 0. The first-order valence-electron chi connectivity index (χ1n) is 8.87. The van der Waals surface area contributed by atoms with Gasteiger partial charge in [0.15, 0.2) is 5.17 Å². The van der Waals surface area contributed by atoms with Gasteiger partial charge < -0.3 is 9.73 Å². The Labute approximate surface area is 192 Å². The van der Waals surface area contributed by atoms with Gasteiger partial charge in [0.05, 0.1) is 16.5 Å². The molecule has 1 aromatic heterocycles. The Morgan fingerprint density at radius 1 is 1.07 bits per heavy atom. The summed E-state index contributed by atoms with van der Waals surface area (Å²) in [6.45, 7) is 0. The van der Waals surface area contributed by atoms with Crippen molar-refractivity contribution >= 4 is 63.9 Å². The molecular weight excluding hydrogens is 465 g/mol. The van der Waals surface area contributed by atoms with Crippen molar-refractivity contribution in [1.29, 1.82) is 0 Å². The van der Waals surface area contributed by atoms with E-state index in [1.165, 1.54) is 18.0 Å². The average molecular weight is 479 g/mol. The van der Waals surface area contributed by atoms with E-state index in [4.69, 9.17) is 39.2 Å². The predicted octanol–water partition coefficient (Wildman–Crippen LogP) is 6.07. The molecule has 1 aliphatic heterocycles. The van der Waals surface area contributed by atoms with Gasteiger partial charge in [0.1, 0.15) is 11.5 Å². The molecule has 1 amide bonds. The fourth-order valence-corrected chi connectivity index (χ4v) is 4.42. The van der Waals surface area contributed by atoms with Crippen LogP contribution < -0.4 is 5.32 Å². The van der Waals surface area contributed by atoms with Crippen molar-refractivity contribution in [2.24, 2.45) is 10.2 Å². The van der Waals surface area contributed by atoms with Gasteiger partial charge >= 0.3 is 0 Å². The summed E-state index contributed by atoms with van der Waals surface area (Å²) in [6, 6.07) is 16.2. The first-order valence-corrected chi connectivity index (χ1v) is 10.9. The van der Waals surface area contributed by atoms with Crippen molar-refractivity contribution in [3.8, 4) is 11.3 Å². The maximum absolute atomic E-state index is 12.2. The van der Waals surface area contributed by atoms with Gasteiger partial charge in [-0.2, -0.15) is 5.10 Å². The van der Waals surface area contributed by atoms with Crippen molar-refractivity contribution in [3.63, 3.8) is 0 Å². The Bertz CT molecular complexity index is 1160. The van der Waals surface area contributed by atoms with E-state index in [0.29, 0.717) is 38.2 Å². The molecule has 0 radical (unpaired) electrons. The Balaban J connectivity index is 1.41. The Hall–Kier alpha value is -2.25. The average Bonchev–Trinajstić information content (AvgIpc) is 3.32. The van der Waals surface area contributed by atoms with E-state index in [0.717, 1.165) is 11.1 Å². The number of nitrogens with one attached hydrogen (secondary N) is 1. The minimum Gasteiger partial charge on any atom is -0.455 e. The highest BCUT2D eigenvalue weighted by Gasteiger charge is 2.31. The van der Waals surface area contributed by atoms with E-state index in [1.54, 1.807) is 30.3 Å². The Morgan fingerprint density at radius 3 is 2.73 bits per heavy atom. The monoisotopic (exact) mass is 477 g/mol. The second kappa shape index (κ2) is 9.27. The quantitative estimate of drug-likeness (QED) is 0.357. The SMILES string of the molecule is O=C1N/C(=N\N=C\c2ccc(-c3ccccc3Cl)o2)SC1Cc1cc(Cl)ccc1Cl. The van der Waals surface area contributed by atoms with Crippen LogP contribution in [0.15, 0.2) is 69.2 Å². The maximum atomic E-state index is 12.2. The first kappa shape index (κ1) is 21.0. The van der Waals surface area contributed by atoms with Gasteiger partial charge in [-0.05, 0) is 54.4 Å². The number of benzene rings is 2. The number of rotatable bonds is 5. The lowest BCUT2D eigenvalue weighted by Crippen LogP contribution is -2.26. The van der Waals surface area contributed by atoms with E-state index in [1.807, 2.05) is 24.3 Å². The molecule has 3 aromatic rings. The Kier molecular flexibility index (Phi) is 6.49. The van der Waals surface area contributed by atoms with Gasteiger partial charge in [-0.25, -0.2) is 0 Å². The summed E-state index contributed by atoms with van der Waals surface area (Å²) >= 11 is 19.7. The highest BCUT2D eigenvalue weighted by molar-refractivity contribution is 8.15. The molecular formula is C21H14Cl3N3O2S. The standard InChI is InChI=1S/C21H14Cl3N3O2S/c22-13-5-7-16(23)12(9-13)10-19-20(28)26-21(30-19)27-25-11-14-6-8-18(29-14)15-3-1-2-4-17(15)24/h1-9,11,19H,10H2,(H,26,27,28)/b25-11+. The van der Waals surface area contributed by atoms with Crippen LogP contribution in [0.25, 0.3) is 11.3 Å². The minimum absolute atomic E-state index is 0.149. The van der Waals surface area contributed by atoms with E-state index in [9.17, 15) is 4.79 Å². The molecule has 1 unspecified atom stereocenters. The summed E-state index contributed by atoms with van der Waals surface area (Å²) in [5, 5.41) is 12.6. The number of hydrogen-bond donors (Lipinski definition) is 1. The zero-order chi connectivity index (χ0) is 21.1. The number of hydrogen-bond acceptors (Lipinski definition) is 5. The fraction of sp³-hybridized carbons (Fsp3) is 0.0952. The van der Waals surface area contributed by atoms with Crippen molar-refractivity contribution in [2.75, 3.05) is 0 Å². The van der Waals surface area contributed by atoms with Crippen LogP contribution in [0.3, 0.4) is 0 Å². The first-order chi connectivity index (χ1) is 14.5. The summed E-state index contributed by atoms with van der Waals surface area (Å²) < 4.78 is 5.74. The molecule has 9 heteroatoms. The predicted molar refractivity (Wildman–Crippen MR) is 124 cm³/mol. The molecule has 152 valence electrons. The highest BCUT2D eigenvalue weighted by atomic mass is 35.5. The highest BCUT2D eigenvalue weighted by Crippen LogP contribution is 2.29. The van der Waals surface area contributed by atoms with Crippen LogP contribution in [0.5, 0.6) is 0 Å². The maximum Gasteiger partial charge on any atom is 0.239 e. The summed E-state index contributed by atoms with van der Waals surface area (Å²) in [5.74, 6) is 1.01. The van der Waals surface area contributed by atoms with Gasteiger partial charge in [0.25, 0.3) is 0 Å². The van der Waals surface area contributed by atoms with Crippen LogP contribution in [0.2, 0.25) is 15.1 Å². The number of amidine groups is 1. The second-order valence-electron chi connectivity index (χ2n) is 6.37. The molecule has 2 aromatic carbocycles. The number of carbonyl (C=O) groups excluding carboxylic acids is 1. The second-order valence-corrected chi connectivity index (χ2v) is 8.81. The van der Waals surface area contributed by atoms with Crippen LogP contribution in [0, 0.1) is 0 Å². The van der Waals surface area contributed by atoms with E-state index >= 15 is 0 Å². The van der Waals surface area contributed by atoms with Crippen LogP contribution in [-0.4, -0.2) is 22.5 Å². The molecule has 4 rings (SSSR count). The number of thioether (sulfide) groups is 1. The van der Waals surface area contributed by atoms with Crippen molar-refractivity contribution in [2.45, 2.75) is 11.7 Å². The molecule has 0 spiro atoms. The topological polar surface area (TPSA) is 67.0 Å². The zero-order valence-electron chi connectivity index (χ0n) is 15.3. The molecule has 1 atom stereocenters. The third kappa shape index (κ3) is 4.90. The van der Waals surface area contributed by atoms with Gasteiger partial charge in [-0.3, -0.25) is 4.79 Å². The summed E-state index contributed by atoms with van der Waals surface area (Å²) in [5.41, 5.74) is 1.61. The van der Waals surface area contributed by atoms with Gasteiger partial charge in [-0.1, -0.05) is 58.7 Å². The lowest BCUT2D eigenvalue weighted by Gasteiger charge is -2.07. The Morgan fingerprint density at radius 2 is 1.90 bits per heavy atom. The molecule has 0 aliphatic carbocycles. The molecule has 1 N–H and O–H groups in total. The van der Waals surface area contributed by atoms with E-state index in [-0.39, 0.29) is 11.2 Å². The number of nitrogens with zero attached hydrogens (tertiary/aromatic N) is 2. The van der Waals surface area contributed by atoms with E-state index in [2.05, 4.69) is 15.5 Å². The van der Waals surface area contributed by atoms with Gasteiger partial charge in [0, 0.05) is 15.6 Å². The van der Waals surface area contributed by atoms with Crippen molar-refractivity contribution < 1.29 is 9.21 Å². The summed E-state index contributed by atoms with van der Waals surface area (Å²) in [4.78, 5) is 12.2. The molecule has 0 saturated carbocycles. The van der Waals surface area contributed by atoms with Crippen LogP contribution in [-0.2, 0) is 11.2 Å². The number of amides is 1. The normalized spacial score (nSPS) is 17.8. The largest absolute Gasteiger partial charge is 0.455 e. The lowest BCUT2D eigenvalue weighted by atomic mass is 10.1. The third-order valence-electron chi connectivity index (χ3n) is 4.29. The molecule has 0 bridgehead atoms. The lowest BCUT2D eigenvalue weighted by molar-refractivity contribution is -0.118. The zero-order valence-corrected chi connectivity index (χ0v) is 18.4. The molecule has 5 nitrogen and oxygen atoms in total. The third-order valence-corrected chi connectivity index (χ3v) is 6.29. The fourth-order valence-electron chi connectivity index (χ4n) is 2.85. The van der Waals surface area contributed by atoms with Crippen LogP contribution in [0.1, 0.15) is 11.3 Å². The van der Waals surface area contributed by atoms with Crippen molar-refractivity contribution in [3.05, 3.63) is 81.0 Å². The minimum atomic E-state index is -0.356.